The molecule has 6 rings (SSSR count). The number of amides is 2. The number of carbonyl (C=O) groups excluding carboxylic acids is 2. The van der Waals surface area contributed by atoms with Crippen LogP contribution >= 0.6 is 0 Å². The number of aliphatic hydroxyl groups is 1. The molecule has 0 radical (unpaired) electrons. The lowest BCUT2D eigenvalue weighted by Crippen LogP contribution is -2.52. The zero-order chi connectivity index (χ0) is 30.4. The van der Waals surface area contributed by atoms with Gasteiger partial charge in [0.1, 0.15) is 5.75 Å². The Labute approximate surface area is 248 Å². The van der Waals surface area contributed by atoms with Crippen LogP contribution in [0.5, 0.6) is 5.75 Å². The number of hydrogen-bond donors (Lipinski definition) is 1. The molecule has 1 N–H and O–H groups in total. The van der Waals surface area contributed by atoms with Crippen molar-refractivity contribution in [1.82, 2.24) is 4.90 Å². The van der Waals surface area contributed by atoms with Gasteiger partial charge in [0.2, 0.25) is 14.3 Å². The number of benzene rings is 2. The van der Waals surface area contributed by atoms with E-state index in [0.717, 1.165) is 28.0 Å². The largest absolute Gasteiger partial charge is 0.497 e. The van der Waals surface area contributed by atoms with E-state index in [2.05, 4.69) is 6.08 Å². The number of ether oxygens (including phenoxy) is 2. The van der Waals surface area contributed by atoms with Crippen LogP contribution in [0.15, 0.2) is 42.5 Å². The van der Waals surface area contributed by atoms with E-state index >= 15 is 4.11 Å². The Hall–Kier alpha value is -3.01. The maximum Gasteiger partial charge on any atom is 0.265 e. The van der Waals surface area contributed by atoms with Crippen molar-refractivity contribution in [1.29, 1.82) is 0 Å². The zero-order valence-corrected chi connectivity index (χ0v) is 26.5. The second-order valence-corrected chi connectivity index (χ2v) is 17.3. The first-order valence-electron chi connectivity index (χ1n) is 14.9. The van der Waals surface area contributed by atoms with E-state index in [1.807, 2.05) is 64.1 Å². The van der Waals surface area contributed by atoms with Crippen LogP contribution in [0.3, 0.4) is 0 Å². The Kier molecular flexibility index (Phi) is 6.75. The SMILES string of the molecule is COc1cc2c3c(c1)[C@@]1(O[C@H](CC(=O)N4Cc5ccccc5C[C@H]4CO)[C@@H]([Si](C)(C)F)[C@@H]1C)C(=O)N3C(C)(C)C=C2C. The van der Waals surface area contributed by atoms with Crippen molar-refractivity contribution in [3.63, 3.8) is 0 Å². The highest BCUT2D eigenvalue weighted by molar-refractivity contribution is 6.72. The van der Waals surface area contributed by atoms with Crippen LogP contribution in [0.1, 0.15) is 56.4 Å². The predicted octanol–water partition coefficient (Wildman–Crippen LogP) is 5.35. The van der Waals surface area contributed by atoms with Crippen LogP contribution in [0, 0.1) is 5.92 Å². The molecule has 7 nitrogen and oxygen atoms in total. The van der Waals surface area contributed by atoms with Gasteiger partial charge in [0.15, 0.2) is 5.60 Å². The number of carbonyl (C=O) groups is 2. The number of aliphatic hydroxyl groups excluding tert-OH is 1. The third-order valence-corrected chi connectivity index (χ3v) is 12.5. The molecule has 0 unspecified atom stereocenters. The fraction of sp³-hybridized carbons (Fsp3) is 0.515. The number of nitrogens with zero attached hydrogens (tertiary/aromatic N) is 2. The van der Waals surface area contributed by atoms with Crippen molar-refractivity contribution < 1.29 is 28.3 Å². The second kappa shape index (κ2) is 9.76. The van der Waals surface area contributed by atoms with E-state index in [4.69, 9.17) is 9.47 Å². The number of fused-ring (bicyclic) bond motifs is 2. The molecule has 0 aliphatic carbocycles. The molecular weight excluding hydrogens is 551 g/mol. The summed E-state index contributed by atoms with van der Waals surface area (Å²) in [6, 6.07) is 11.4. The van der Waals surface area contributed by atoms with Crippen LogP contribution in [0.25, 0.3) is 5.57 Å². The lowest BCUT2D eigenvalue weighted by Gasteiger charge is -2.39. The Morgan fingerprint density at radius 3 is 2.55 bits per heavy atom. The average Bonchev–Trinajstić information content (AvgIpc) is 3.37. The summed E-state index contributed by atoms with van der Waals surface area (Å²) in [6.45, 7) is 11.4. The maximum atomic E-state index is 16.3. The van der Waals surface area contributed by atoms with Crippen molar-refractivity contribution in [2.24, 2.45) is 5.92 Å². The number of allylic oxidation sites excluding steroid dienone is 1. The lowest BCUT2D eigenvalue weighted by atomic mass is 9.81. The summed E-state index contributed by atoms with van der Waals surface area (Å²) in [5.74, 6) is -0.321. The van der Waals surface area contributed by atoms with Crippen molar-refractivity contribution in [2.75, 3.05) is 18.6 Å². The maximum absolute atomic E-state index is 16.3. The van der Waals surface area contributed by atoms with Gasteiger partial charge in [-0.1, -0.05) is 37.3 Å². The summed E-state index contributed by atoms with van der Waals surface area (Å²) in [7, 11) is -1.86. The van der Waals surface area contributed by atoms with Gasteiger partial charge in [-0.15, -0.1) is 0 Å². The molecule has 0 saturated carbocycles. The first kappa shape index (κ1) is 29.1. The number of hydrogen-bond acceptors (Lipinski definition) is 5. The molecule has 0 aromatic heterocycles. The van der Waals surface area contributed by atoms with Crippen molar-refractivity contribution in [3.8, 4) is 5.75 Å². The molecule has 0 bridgehead atoms. The molecule has 1 saturated heterocycles. The van der Waals surface area contributed by atoms with Gasteiger partial charge in [0.25, 0.3) is 5.91 Å². The molecule has 42 heavy (non-hydrogen) atoms. The number of halogens is 1. The van der Waals surface area contributed by atoms with Gasteiger partial charge in [0.05, 0.1) is 43.5 Å². The minimum atomic E-state index is -3.46. The molecule has 2 aromatic rings. The van der Waals surface area contributed by atoms with E-state index in [1.165, 1.54) is 0 Å². The van der Waals surface area contributed by atoms with Gasteiger partial charge >= 0.3 is 0 Å². The number of rotatable bonds is 5. The Morgan fingerprint density at radius 1 is 1.21 bits per heavy atom. The first-order valence-corrected chi connectivity index (χ1v) is 17.8. The summed E-state index contributed by atoms with van der Waals surface area (Å²) in [4.78, 5) is 32.2. The van der Waals surface area contributed by atoms with Crippen molar-refractivity contribution >= 4 is 31.5 Å². The highest BCUT2D eigenvalue weighted by Crippen LogP contribution is 2.63. The summed E-state index contributed by atoms with van der Waals surface area (Å²) < 4.78 is 28.9. The van der Waals surface area contributed by atoms with Crippen molar-refractivity contribution in [3.05, 3.63) is 64.7 Å². The van der Waals surface area contributed by atoms with Crippen LogP contribution < -0.4 is 9.64 Å². The van der Waals surface area contributed by atoms with Gasteiger partial charge < -0.3 is 23.6 Å². The van der Waals surface area contributed by atoms with E-state index in [9.17, 15) is 14.7 Å². The molecule has 5 atom stereocenters. The molecule has 4 aliphatic rings. The third-order valence-electron chi connectivity index (χ3n) is 10.0. The summed E-state index contributed by atoms with van der Waals surface area (Å²) in [5, 5.41) is 10.2. The molecule has 1 fully saturated rings. The molecular formula is C33H41FN2O5Si. The zero-order valence-electron chi connectivity index (χ0n) is 25.5. The third kappa shape index (κ3) is 4.11. The molecule has 4 aliphatic heterocycles. The van der Waals surface area contributed by atoms with E-state index in [1.54, 1.807) is 30.0 Å². The lowest BCUT2D eigenvalue weighted by molar-refractivity contribution is -0.151. The number of anilines is 1. The van der Waals surface area contributed by atoms with Gasteiger partial charge in [-0.05, 0) is 69.1 Å². The van der Waals surface area contributed by atoms with Crippen LogP contribution in [0.4, 0.5) is 9.80 Å². The molecule has 2 amide bonds. The normalized spacial score (nSPS) is 29.5. The standard InChI is InChI=1S/C33H41FN2O5Si/c1-19-16-32(3,4)36-29-25(19)13-24(40-5)14-26(29)33(31(36)39)20(2)30(42(6,7)34)27(41-33)15-28(38)35-17-22-11-9-8-10-21(22)12-23(35)18-37/h8-11,13-14,16,20,23,27,30,37H,12,15,17-18H2,1-7H3/t20-,23-,27+,30-,33+/m0/s1. The average molecular weight is 593 g/mol. The highest BCUT2D eigenvalue weighted by atomic mass is 28.4. The fourth-order valence-corrected chi connectivity index (χ4v) is 10.7. The fourth-order valence-electron chi connectivity index (χ4n) is 8.24. The second-order valence-electron chi connectivity index (χ2n) is 13.5. The minimum absolute atomic E-state index is 0.0596. The Morgan fingerprint density at radius 2 is 1.90 bits per heavy atom. The summed E-state index contributed by atoms with van der Waals surface area (Å²) in [6.07, 6.45) is 1.78. The molecule has 224 valence electrons. The van der Waals surface area contributed by atoms with Crippen LogP contribution in [-0.4, -0.2) is 61.6 Å². The predicted molar refractivity (Wildman–Crippen MR) is 162 cm³/mol. The van der Waals surface area contributed by atoms with E-state index < -0.39 is 37.1 Å². The minimum Gasteiger partial charge on any atom is -0.497 e. The molecule has 1 spiro atoms. The smallest absolute Gasteiger partial charge is 0.265 e. The van der Waals surface area contributed by atoms with Gasteiger partial charge in [-0.25, -0.2) is 0 Å². The monoisotopic (exact) mass is 592 g/mol. The van der Waals surface area contributed by atoms with Crippen LogP contribution in [-0.2, 0) is 32.9 Å². The quantitative estimate of drug-likeness (QED) is 0.374. The topological polar surface area (TPSA) is 79.3 Å². The molecule has 9 heteroatoms. The molecule has 4 heterocycles. The Balaban J connectivity index is 1.42. The highest BCUT2D eigenvalue weighted by Gasteiger charge is 2.69. The van der Waals surface area contributed by atoms with Crippen molar-refractivity contribution in [2.45, 2.75) is 89.0 Å². The summed E-state index contributed by atoms with van der Waals surface area (Å²) in [5.41, 5.74) is 2.91. The van der Waals surface area contributed by atoms with E-state index in [0.29, 0.717) is 24.3 Å². The van der Waals surface area contributed by atoms with Gasteiger partial charge in [-0.3, -0.25) is 14.5 Å². The van der Waals surface area contributed by atoms with E-state index in [-0.39, 0.29) is 30.9 Å². The first-order chi connectivity index (χ1) is 19.7. The number of methoxy groups -OCH3 is 1. The summed E-state index contributed by atoms with van der Waals surface area (Å²) >= 11 is 0. The van der Waals surface area contributed by atoms with Crippen LogP contribution in [0.2, 0.25) is 18.6 Å². The van der Waals surface area contributed by atoms with Gasteiger partial charge in [-0.2, -0.15) is 0 Å². The Bertz CT molecular complexity index is 1500. The van der Waals surface area contributed by atoms with Gasteiger partial charge in [0, 0.05) is 29.1 Å². The molecule has 2 aromatic carbocycles.